The van der Waals surface area contributed by atoms with Crippen molar-refractivity contribution >= 4 is 17.6 Å². The molecule has 0 bridgehead atoms. The molecule has 0 atom stereocenters. The molecule has 4 heteroatoms. The quantitative estimate of drug-likeness (QED) is 0.868. The van der Waals surface area contributed by atoms with Gasteiger partial charge in [0.2, 0.25) is 5.91 Å². The van der Waals surface area contributed by atoms with E-state index in [1.54, 1.807) is 4.90 Å². The molecule has 0 saturated heterocycles. The number of carboxylic acid groups (broad SMARTS) is 1. The molecule has 0 aliphatic carbocycles. The summed E-state index contributed by atoms with van der Waals surface area (Å²) in [6.45, 7) is 8.11. The molecule has 0 heterocycles. The van der Waals surface area contributed by atoms with Crippen molar-refractivity contribution < 1.29 is 14.7 Å². The highest BCUT2D eigenvalue weighted by Crippen LogP contribution is 2.27. The SMILES string of the molecule is CCN(C(=O)CC(C)(C)CC(=O)O)c1ccc(C)cc1. The van der Waals surface area contributed by atoms with Crippen molar-refractivity contribution in [3.05, 3.63) is 29.8 Å². The summed E-state index contributed by atoms with van der Waals surface area (Å²) in [6.07, 6.45) is 0.214. The summed E-state index contributed by atoms with van der Waals surface area (Å²) in [5.41, 5.74) is 1.46. The van der Waals surface area contributed by atoms with Gasteiger partial charge in [-0.2, -0.15) is 0 Å². The summed E-state index contributed by atoms with van der Waals surface area (Å²) >= 11 is 0. The number of carboxylic acids is 1. The molecule has 20 heavy (non-hydrogen) atoms. The van der Waals surface area contributed by atoms with Gasteiger partial charge >= 0.3 is 5.97 Å². The van der Waals surface area contributed by atoms with Crippen LogP contribution in [0.4, 0.5) is 5.69 Å². The number of aliphatic carboxylic acids is 1. The smallest absolute Gasteiger partial charge is 0.303 e. The van der Waals surface area contributed by atoms with E-state index in [2.05, 4.69) is 0 Å². The lowest BCUT2D eigenvalue weighted by atomic mass is 9.85. The van der Waals surface area contributed by atoms with Gasteiger partial charge in [0.1, 0.15) is 0 Å². The third-order valence-electron chi connectivity index (χ3n) is 3.22. The zero-order valence-electron chi connectivity index (χ0n) is 12.6. The maximum atomic E-state index is 12.4. The zero-order chi connectivity index (χ0) is 15.3. The van der Waals surface area contributed by atoms with Crippen LogP contribution in [0.25, 0.3) is 0 Å². The van der Waals surface area contributed by atoms with Crippen LogP contribution in [-0.4, -0.2) is 23.5 Å². The number of hydrogen-bond acceptors (Lipinski definition) is 2. The average Bonchev–Trinajstić information content (AvgIpc) is 2.29. The predicted octanol–water partition coefficient (Wildman–Crippen LogP) is 3.24. The van der Waals surface area contributed by atoms with Crippen molar-refractivity contribution in [3.63, 3.8) is 0 Å². The fourth-order valence-corrected chi connectivity index (χ4v) is 2.20. The second-order valence-electron chi connectivity index (χ2n) is 5.89. The summed E-state index contributed by atoms with van der Waals surface area (Å²) in [5.74, 6) is -0.913. The van der Waals surface area contributed by atoms with E-state index in [0.717, 1.165) is 11.3 Å². The van der Waals surface area contributed by atoms with Crippen molar-refractivity contribution in [2.75, 3.05) is 11.4 Å². The molecule has 0 spiro atoms. The van der Waals surface area contributed by atoms with Crippen LogP contribution >= 0.6 is 0 Å². The molecule has 1 amide bonds. The van der Waals surface area contributed by atoms with E-state index in [1.807, 2.05) is 52.0 Å². The third-order valence-corrected chi connectivity index (χ3v) is 3.22. The van der Waals surface area contributed by atoms with E-state index in [9.17, 15) is 9.59 Å². The second kappa shape index (κ2) is 6.55. The minimum Gasteiger partial charge on any atom is -0.481 e. The number of anilines is 1. The lowest BCUT2D eigenvalue weighted by Gasteiger charge is -2.27. The van der Waals surface area contributed by atoms with Crippen LogP contribution in [0.2, 0.25) is 0 Å². The molecule has 0 unspecified atom stereocenters. The first-order valence-corrected chi connectivity index (χ1v) is 6.84. The van der Waals surface area contributed by atoms with Gasteiger partial charge in [-0.05, 0) is 31.4 Å². The van der Waals surface area contributed by atoms with Crippen molar-refractivity contribution in [1.29, 1.82) is 0 Å². The molecule has 4 nitrogen and oxygen atoms in total. The summed E-state index contributed by atoms with van der Waals surface area (Å²) in [7, 11) is 0. The van der Waals surface area contributed by atoms with Gasteiger partial charge in [0.05, 0.1) is 6.42 Å². The fourth-order valence-electron chi connectivity index (χ4n) is 2.20. The van der Waals surface area contributed by atoms with E-state index >= 15 is 0 Å². The average molecular weight is 277 g/mol. The van der Waals surface area contributed by atoms with Gasteiger partial charge in [-0.25, -0.2) is 0 Å². The normalized spacial score (nSPS) is 11.2. The Bertz CT molecular complexity index is 477. The van der Waals surface area contributed by atoms with E-state index in [0.29, 0.717) is 6.54 Å². The van der Waals surface area contributed by atoms with Gasteiger partial charge < -0.3 is 10.0 Å². The van der Waals surface area contributed by atoms with E-state index in [1.165, 1.54) is 0 Å². The largest absolute Gasteiger partial charge is 0.481 e. The number of hydrogen-bond donors (Lipinski definition) is 1. The van der Waals surface area contributed by atoms with Crippen LogP contribution < -0.4 is 4.90 Å². The lowest BCUT2D eigenvalue weighted by Crippen LogP contribution is -2.34. The minimum atomic E-state index is -0.874. The highest BCUT2D eigenvalue weighted by atomic mass is 16.4. The summed E-state index contributed by atoms with van der Waals surface area (Å²) in [5, 5.41) is 8.88. The van der Waals surface area contributed by atoms with E-state index in [-0.39, 0.29) is 18.7 Å². The van der Waals surface area contributed by atoms with Crippen LogP contribution in [0.5, 0.6) is 0 Å². The van der Waals surface area contributed by atoms with Crippen LogP contribution in [0.1, 0.15) is 39.2 Å². The van der Waals surface area contributed by atoms with Crippen molar-refractivity contribution in [1.82, 2.24) is 0 Å². The molecular formula is C16H23NO3. The molecule has 1 N–H and O–H groups in total. The minimum absolute atomic E-state index is 0.00973. The van der Waals surface area contributed by atoms with Gasteiger partial charge in [0, 0.05) is 18.7 Å². The Hall–Kier alpha value is -1.84. The molecule has 0 aliphatic heterocycles. The lowest BCUT2D eigenvalue weighted by molar-refractivity contribution is -0.139. The molecule has 0 aromatic heterocycles. The standard InChI is InChI=1S/C16H23NO3/c1-5-17(13-8-6-12(2)7-9-13)14(18)10-16(3,4)11-15(19)20/h6-9H,5,10-11H2,1-4H3,(H,19,20). The maximum Gasteiger partial charge on any atom is 0.303 e. The molecule has 1 rings (SSSR count). The molecule has 110 valence electrons. The molecule has 0 fully saturated rings. The predicted molar refractivity (Wildman–Crippen MR) is 79.9 cm³/mol. The second-order valence-corrected chi connectivity index (χ2v) is 5.89. The Kier molecular flexibility index (Phi) is 5.31. The number of nitrogens with zero attached hydrogens (tertiary/aromatic N) is 1. The molecule has 0 radical (unpaired) electrons. The first-order valence-electron chi connectivity index (χ1n) is 6.84. The van der Waals surface area contributed by atoms with E-state index in [4.69, 9.17) is 5.11 Å². The first kappa shape index (κ1) is 16.2. The number of rotatable bonds is 6. The first-order chi connectivity index (χ1) is 9.25. The Morgan fingerprint density at radius 1 is 1.15 bits per heavy atom. The van der Waals surface area contributed by atoms with Crippen LogP contribution in [0.15, 0.2) is 24.3 Å². The van der Waals surface area contributed by atoms with Crippen LogP contribution in [-0.2, 0) is 9.59 Å². The highest BCUT2D eigenvalue weighted by molar-refractivity contribution is 5.93. The number of carbonyl (C=O) groups is 2. The summed E-state index contributed by atoms with van der Waals surface area (Å²) in [4.78, 5) is 24.9. The number of amides is 1. The number of carbonyl (C=O) groups excluding carboxylic acids is 1. The highest BCUT2D eigenvalue weighted by Gasteiger charge is 2.27. The van der Waals surface area contributed by atoms with Crippen molar-refractivity contribution in [3.8, 4) is 0 Å². The maximum absolute atomic E-state index is 12.4. The molecule has 0 aliphatic rings. The van der Waals surface area contributed by atoms with Gasteiger partial charge in [0.15, 0.2) is 0 Å². The fraction of sp³-hybridized carbons (Fsp3) is 0.500. The van der Waals surface area contributed by atoms with Gasteiger partial charge in [-0.15, -0.1) is 0 Å². The van der Waals surface area contributed by atoms with Crippen LogP contribution in [0.3, 0.4) is 0 Å². The monoisotopic (exact) mass is 277 g/mol. The van der Waals surface area contributed by atoms with Crippen molar-refractivity contribution in [2.45, 2.75) is 40.5 Å². The van der Waals surface area contributed by atoms with Gasteiger partial charge in [-0.1, -0.05) is 31.5 Å². The summed E-state index contributed by atoms with van der Waals surface area (Å²) in [6, 6.07) is 7.77. The van der Waals surface area contributed by atoms with Gasteiger partial charge in [-0.3, -0.25) is 9.59 Å². The van der Waals surface area contributed by atoms with E-state index < -0.39 is 11.4 Å². The zero-order valence-corrected chi connectivity index (χ0v) is 12.6. The Labute approximate surface area is 120 Å². The Balaban J connectivity index is 2.82. The topological polar surface area (TPSA) is 57.6 Å². The Morgan fingerprint density at radius 2 is 1.70 bits per heavy atom. The number of aryl methyl sites for hydroxylation is 1. The molecule has 1 aromatic rings. The molecular weight excluding hydrogens is 254 g/mol. The molecule has 0 saturated carbocycles. The molecule has 1 aromatic carbocycles. The van der Waals surface area contributed by atoms with Crippen LogP contribution in [0, 0.1) is 12.3 Å². The number of benzene rings is 1. The summed E-state index contributed by atoms with van der Waals surface area (Å²) < 4.78 is 0. The van der Waals surface area contributed by atoms with Gasteiger partial charge in [0.25, 0.3) is 0 Å². The van der Waals surface area contributed by atoms with Crippen molar-refractivity contribution in [2.24, 2.45) is 5.41 Å². The Morgan fingerprint density at radius 3 is 2.15 bits per heavy atom. The third kappa shape index (κ3) is 4.68.